The lowest BCUT2D eigenvalue weighted by Gasteiger charge is -2.24. The van der Waals surface area contributed by atoms with Crippen molar-refractivity contribution >= 4 is 29.2 Å². The predicted octanol–water partition coefficient (Wildman–Crippen LogP) is 1.40. The van der Waals surface area contributed by atoms with E-state index < -0.39 is 10.8 Å². The Morgan fingerprint density at radius 1 is 1.68 bits per heavy atom. The van der Waals surface area contributed by atoms with Gasteiger partial charge in [0.05, 0.1) is 4.92 Å². The first kappa shape index (κ1) is 15.2. The minimum atomic E-state index is -0.632. The van der Waals surface area contributed by atoms with Gasteiger partial charge in [0.2, 0.25) is 0 Å². The minimum Gasteiger partial charge on any atom is -0.384 e. The largest absolute Gasteiger partial charge is 0.384 e. The van der Waals surface area contributed by atoms with Crippen LogP contribution in [0.2, 0.25) is 0 Å². The Bertz CT molecular complexity index is 495. The van der Waals surface area contributed by atoms with Gasteiger partial charge in [-0.1, -0.05) is 0 Å². The molecule has 104 valence electrons. The molecule has 1 heterocycles. The molecule has 1 rings (SSSR count). The molecule has 0 fully saturated rings. The highest BCUT2D eigenvalue weighted by Crippen LogP contribution is 2.21. The van der Waals surface area contributed by atoms with Gasteiger partial charge in [-0.2, -0.15) is 11.8 Å². The van der Waals surface area contributed by atoms with Crippen molar-refractivity contribution in [2.75, 3.05) is 24.8 Å². The molecule has 0 aliphatic heterocycles. The normalized spacial score (nSPS) is 11.9. The van der Waals surface area contributed by atoms with Gasteiger partial charge >= 0.3 is 0 Å². The fourth-order valence-electron chi connectivity index (χ4n) is 1.52. The summed E-state index contributed by atoms with van der Waals surface area (Å²) in [7, 11) is 1.61. The highest BCUT2D eigenvalue weighted by Gasteiger charge is 2.26. The molecule has 1 unspecified atom stereocenters. The molecule has 1 aromatic heterocycles. The van der Waals surface area contributed by atoms with Crippen molar-refractivity contribution in [1.82, 2.24) is 9.88 Å². The number of amides is 1. The number of thioether (sulfide) groups is 1. The van der Waals surface area contributed by atoms with E-state index in [-0.39, 0.29) is 23.1 Å². The summed E-state index contributed by atoms with van der Waals surface area (Å²) in [4.78, 5) is 27.7. The number of carbonyl (C=O) groups excluding carboxylic acids is 1. The third kappa shape index (κ3) is 3.57. The number of anilines is 1. The van der Waals surface area contributed by atoms with Crippen LogP contribution in [0.4, 0.5) is 11.5 Å². The summed E-state index contributed by atoms with van der Waals surface area (Å²) in [6.07, 6.45) is 2.94. The van der Waals surface area contributed by atoms with Crippen molar-refractivity contribution in [2.24, 2.45) is 0 Å². The number of nitro groups is 1. The van der Waals surface area contributed by atoms with Crippen molar-refractivity contribution in [1.29, 1.82) is 0 Å². The first-order chi connectivity index (χ1) is 8.88. The quantitative estimate of drug-likeness (QED) is 0.647. The summed E-state index contributed by atoms with van der Waals surface area (Å²) in [5, 5.41) is 10.9. The second-order valence-corrected chi connectivity index (χ2v) is 5.01. The average molecular weight is 284 g/mol. The number of hydrogen-bond acceptors (Lipinski definition) is 6. The van der Waals surface area contributed by atoms with Gasteiger partial charge in [0, 0.05) is 18.8 Å². The van der Waals surface area contributed by atoms with Crippen molar-refractivity contribution in [2.45, 2.75) is 13.0 Å². The van der Waals surface area contributed by atoms with Crippen molar-refractivity contribution < 1.29 is 9.72 Å². The maximum Gasteiger partial charge on any atom is 0.300 e. The van der Waals surface area contributed by atoms with Crippen LogP contribution in [0.1, 0.15) is 17.3 Å². The standard InChI is InChI=1S/C11H16N4O3S/c1-7(6-19-3)14(2)11(16)8-4-10(12)13-5-9(8)15(17)18/h4-5,7H,6H2,1-3H3,(H2,12,13). The maximum atomic E-state index is 12.3. The van der Waals surface area contributed by atoms with Crippen LogP contribution in [-0.2, 0) is 0 Å². The zero-order valence-electron chi connectivity index (χ0n) is 11.0. The average Bonchev–Trinajstić information content (AvgIpc) is 2.36. The highest BCUT2D eigenvalue weighted by atomic mass is 32.2. The SMILES string of the molecule is CSCC(C)N(C)C(=O)c1cc(N)ncc1[N+](=O)[O-]. The summed E-state index contributed by atoms with van der Waals surface area (Å²) in [6, 6.07) is 1.21. The molecule has 0 aliphatic rings. The van der Waals surface area contributed by atoms with Crippen molar-refractivity contribution in [3.8, 4) is 0 Å². The van der Waals surface area contributed by atoms with Crippen molar-refractivity contribution in [3.05, 3.63) is 27.9 Å². The molecule has 0 aliphatic carbocycles. The fourth-order valence-corrected chi connectivity index (χ4v) is 2.23. The van der Waals surface area contributed by atoms with E-state index in [1.807, 2.05) is 13.2 Å². The van der Waals surface area contributed by atoms with E-state index in [0.717, 1.165) is 11.9 Å². The lowest BCUT2D eigenvalue weighted by Crippen LogP contribution is -2.37. The van der Waals surface area contributed by atoms with Crippen LogP contribution < -0.4 is 5.73 Å². The Balaban J connectivity index is 3.11. The third-order valence-electron chi connectivity index (χ3n) is 2.72. The van der Waals surface area contributed by atoms with Gasteiger partial charge in [0.1, 0.15) is 17.6 Å². The Morgan fingerprint density at radius 3 is 2.84 bits per heavy atom. The summed E-state index contributed by atoms with van der Waals surface area (Å²) >= 11 is 1.60. The first-order valence-corrected chi connectivity index (χ1v) is 6.93. The van der Waals surface area contributed by atoms with Crippen LogP contribution in [0.25, 0.3) is 0 Å². The topological polar surface area (TPSA) is 102 Å². The molecular formula is C11H16N4O3S. The number of nitrogen functional groups attached to an aromatic ring is 1. The van der Waals surface area contributed by atoms with Gasteiger partial charge in [-0.3, -0.25) is 14.9 Å². The maximum absolute atomic E-state index is 12.3. The number of nitrogens with zero attached hydrogens (tertiary/aromatic N) is 3. The monoisotopic (exact) mass is 284 g/mol. The van der Waals surface area contributed by atoms with E-state index in [1.165, 1.54) is 11.0 Å². The lowest BCUT2D eigenvalue weighted by molar-refractivity contribution is -0.385. The third-order valence-corrected chi connectivity index (χ3v) is 3.54. The van der Waals surface area contributed by atoms with E-state index in [4.69, 9.17) is 5.73 Å². The van der Waals surface area contributed by atoms with Gasteiger partial charge in [0.25, 0.3) is 11.6 Å². The van der Waals surface area contributed by atoms with Gasteiger partial charge in [-0.25, -0.2) is 4.98 Å². The molecule has 1 aromatic rings. The van der Waals surface area contributed by atoms with Gasteiger partial charge in [0.15, 0.2) is 0 Å². The predicted molar refractivity (Wildman–Crippen MR) is 75.2 cm³/mol. The molecule has 1 amide bonds. The van der Waals surface area contributed by atoms with Gasteiger partial charge in [-0.05, 0) is 19.2 Å². The summed E-state index contributed by atoms with van der Waals surface area (Å²) in [5.41, 5.74) is 5.13. The van der Waals surface area contributed by atoms with Crippen LogP contribution in [0, 0.1) is 10.1 Å². The second-order valence-electron chi connectivity index (χ2n) is 4.10. The molecule has 7 nitrogen and oxygen atoms in total. The van der Waals surface area contributed by atoms with Gasteiger partial charge in [-0.15, -0.1) is 0 Å². The highest BCUT2D eigenvalue weighted by molar-refractivity contribution is 7.98. The van der Waals surface area contributed by atoms with Crippen LogP contribution >= 0.6 is 11.8 Å². The Hall–Kier alpha value is -1.83. The molecule has 19 heavy (non-hydrogen) atoms. The van der Waals surface area contributed by atoms with Crippen LogP contribution in [-0.4, -0.2) is 45.8 Å². The molecule has 0 saturated carbocycles. The second kappa shape index (κ2) is 6.37. The summed E-state index contributed by atoms with van der Waals surface area (Å²) < 4.78 is 0. The number of nitrogens with two attached hydrogens (primary N) is 1. The fraction of sp³-hybridized carbons (Fsp3) is 0.455. The number of aromatic nitrogens is 1. The zero-order valence-corrected chi connectivity index (χ0v) is 11.8. The molecule has 0 bridgehead atoms. The smallest absolute Gasteiger partial charge is 0.300 e. The van der Waals surface area contributed by atoms with E-state index in [2.05, 4.69) is 4.98 Å². The number of carbonyl (C=O) groups is 1. The molecule has 0 spiro atoms. The molecule has 1 atom stereocenters. The molecular weight excluding hydrogens is 268 g/mol. The minimum absolute atomic E-state index is 0.0310. The molecule has 2 N–H and O–H groups in total. The molecule has 0 aromatic carbocycles. The lowest BCUT2D eigenvalue weighted by atomic mass is 10.2. The van der Waals surface area contributed by atoms with Crippen molar-refractivity contribution in [3.63, 3.8) is 0 Å². The zero-order chi connectivity index (χ0) is 14.6. The Kier molecular flexibility index (Phi) is 5.11. The Morgan fingerprint density at radius 2 is 2.32 bits per heavy atom. The van der Waals surface area contributed by atoms with Gasteiger partial charge < -0.3 is 10.6 Å². The molecule has 0 saturated heterocycles. The molecule has 0 radical (unpaired) electrons. The van der Waals surface area contributed by atoms with E-state index in [0.29, 0.717) is 0 Å². The van der Waals surface area contributed by atoms with Crippen LogP contribution in [0.3, 0.4) is 0 Å². The number of pyridine rings is 1. The van der Waals surface area contributed by atoms with Crippen LogP contribution in [0.5, 0.6) is 0 Å². The number of rotatable bonds is 5. The van der Waals surface area contributed by atoms with E-state index in [9.17, 15) is 14.9 Å². The number of hydrogen-bond donors (Lipinski definition) is 1. The first-order valence-electron chi connectivity index (χ1n) is 5.54. The Labute approximate surface area is 115 Å². The van der Waals surface area contributed by atoms with E-state index >= 15 is 0 Å². The summed E-state index contributed by atoms with van der Waals surface area (Å²) in [6.45, 7) is 1.88. The molecule has 8 heteroatoms. The van der Waals surface area contributed by atoms with E-state index in [1.54, 1.807) is 18.8 Å². The van der Waals surface area contributed by atoms with Crippen LogP contribution in [0.15, 0.2) is 12.3 Å². The summed E-state index contributed by atoms with van der Waals surface area (Å²) in [5.74, 6) is 0.401.